The van der Waals surface area contributed by atoms with E-state index in [-0.39, 0.29) is 17.9 Å². The van der Waals surface area contributed by atoms with Gasteiger partial charge in [0.2, 0.25) is 5.91 Å². The molecule has 4 nitrogen and oxygen atoms in total. The number of carbonyl (C=O) groups is 1. The maximum atomic E-state index is 12.1. The van der Waals surface area contributed by atoms with E-state index < -0.39 is 0 Å². The van der Waals surface area contributed by atoms with Crippen LogP contribution in [0.25, 0.3) is 0 Å². The molecule has 0 radical (unpaired) electrons. The highest BCUT2D eigenvalue weighted by Crippen LogP contribution is 2.26. The van der Waals surface area contributed by atoms with Gasteiger partial charge in [0.25, 0.3) is 0 Å². The van der Waals surface area contributed by atoms with Gasteiger partial charge in [0.05, 0.1) is 23.4 Å². The van der Waals surface area contributed by atoms with Crippen LogP contribution in [0.1, 0.15) is 19.8 Å². The molecule has 0 saturated carbocycles. The summed E-state index contributed by atoms with van der Waals surface area (Å²) in [5.41, 5.74) is 7.06. The molecule has 1 saturated heterocycles. The quantitative estimate of drug-likeness (QED) is 0.786. The Bertz CT molecular complexity index is 406. The van der Waals surface area contributed by atoms with Crippen LogP contribution in [0, 0.1) is 5.92 Å². The molecule has 4 heteroatoms. The predicted octanol–water partition coefficient (Wildman–Crippen LogP) is 2.02. The van der Waals surface area contributed by atoms with Gasteiger partial charge in [-0.15, -0.1) is 0 Å². The summed E-state index contributed by atoms with van der Waals surface area (Å²) in [5, 5.41) is 2.87. The van der Waals surface area contributed by atoms with Crippen LogP contribution < -0.4 is 11.1 Å². The molecule has 2 rings (SSSR count). The lowest BCUT2D eigenvalue weighted by Gasteiger charge is -2.17. The summed E-state index contributed by atoms with van der Waals surface area (Å²) < 4.78 is 5.51. The number of ether oxygens (including phenoxy) is 1. The zero-order chi connectivity index (χ0) is 12.3. The molecular formula is C13H18N2O2. The van der Waals surface area contributed by atoms with Gasteiger partial charge in [-0.1, -0.05) is 19.1 Å². The van der Waals surface area contributed by atoms with E-state index in [1.54, 1.807) is 6.07 Å². The molecule has 0 bridgehead atoms. The topological polar surface area (TPSA) is 64.3 Å². The number of para-hydroxylation sites is 2. The number of nitrogens with one attached hydrogen (secondary N) is 1. The standard InChI is InChI=1S/C13H18N2O2/c1-2-12-9(7-8-17-12)13(16)15-11-6-4-3-5-10(11)14/h3-6,9,12H,2,7-8,14H2,1H3,(H,15,16). The molecule has 1 heterocycles. The molecular weight excluding hydrogens is 216 g/mol. The van der Waals surface area contributed by atoms with E-state index in [9.17, 15) is 4.79 Å². The van der Waals surface area contributed by atoms with Crippen LogP contribution >= 0.6 is 0 Å². The number of rotatable bonds is 3. The molecule has 3 N–H and O–H groups in total. The molecule has 2 atom stereocenters. The van der Waals surface area contributed by atoms with E-state index in [2.05, 4.69) is 5.32 Å². The number of anilines is 2. The van der Waals surface area contributed by atoms with Crippen molar-refractivity contribution in [2.24, 2.45) is 5.92 Å². The molecule has 1 fully saturated rings. The van der Waals surface area contributed by atoms with Crippen molar-refractivity contribution in [1.29, 1.82) is 0 Å². The summed E-state index contributed by atoms with van der Waals surface area (Å²) in [4.78, 5) is 12.1. The van der Waals surface area contributed by atoms with Crippen molar-refractivity contribution >= 4 is 17.3 Å². The number of benzene rings is 1. The van der Waals surface area contributed by atoms with Gasteiger partial charge in [0.15, 0.2) is 0 Å². The molecule has 1 aliphatic rings. The van der Waals surface area contributed by atoms with Gasteiger partial charge in [-0.2, -0.15) is 0 Å². The second-order valence-electron chi connectivity index (χ2n) is 4.29. The summed E-state index contributed by atoms with van der Waals surface area (Å²) in [6.07, 6.45) is 1.69. The first-order valence-electron chi connectivity index (χ1n) is 5.99. The van der Waals surface area contributed by atoms with E-state index in [1.165, 1.54) is 0 Å². The largest absolute Gasteiger partial charge is 0.397 e. The second kappa shape index (κ2) is 5.19. The molecule has 1 aromatic rings. The van der Waals surface area contributed by atoms with Crippen LogP contribution in [0.15, 0.2) is 24.3 Å². The SMILES string of the molecule is CCC1OCCC1C(=O)Nc1ccccc1N. The molecule has 0 aliphatic carbocycles. The lowest BCUT2D eigenvalue weighted by Crippen LogP contribution is -2.29. The number of nitrogens with two attached hydrogens (primary N) is 1. The highest BCUT2D eigenvalue weighted by Gasteiger charge is 2.32. The van der Waals surface area contributed by atoms with Crippen LogP contribution in [0.5, 0.6) is 0 Å². The lowest BCUT2D eigenvalue weighted by molar-refractivity contribution is -0.121. The normalized spacial score (nSPS) is 23.6. The average molecular weight is 234 g/mol. The Morgan fingerprint density at radius 1 is 1.53 bits per heavy atom. The molecule has 1 amide bonds. The molecule has 1 aromatic carbocycles. The molecule has 0 spiro atoms. The third kappa shape index (κ3) is 2.58. The fraction of sp³-hybridized carbons (Fsp3) is 0.462. The van der Waals surface area contributed by atoms with Crippen molar-refractivity contribution in [2.75, 3.05) is 17.7 Å². The number of hydrogen-bond acceptors (Lipinski definition) is 3. The zero-order valence-electron chi connectivity index (χ0n) is 9.98. The van der Waals surface area contributed by atoms with Crippen molar-refractivity contribution in [3.63, 3.8) is 0 Å². The first-order valence-corrected chi connectivity index (χ1v) is 5.99. The second-order valence-corrected chi connectivity index (χ2v) is 4.29. The number of hydrogen-bond donors (Lipinski definition) is 2. The number of nitrogen functional groups attached to an aromatic ring is 1. The first kappa shape index (κ1) is 11.9. The van der Waals surface area contributed by atoms with Gasteiger partial charge < -0.3 is 15.8 Å². The van der Waals surface area contributed by atoms with Crippen LogP contribution in [-0.2, 0) is 9.53 Å². The van der Waals surface area contributed by atoms with Gasteiger partial charge in [-0.3, -0.25) is 4.79 Å². The van der Waals surface area contributed by atoms with Gasteiger partial charge >= 0.3 is 0 Å². The molecule has 2 unspecified atom stereocenters. The fourth-order valence-electron chi connectivity index (χ4n) is 2.19. The van der Waals surface area contributed by atoms with Gasteiger partial charge in [0, 0.05) is 6.61 Å². The molecule has 1 aliphatic heterocycles. The smallest absolute Gasteiger partial charge is 0.230 e. The van der Waals surface area contributed by atoms with Gasteiger partial charge in [0.1, 0.15) is 0 Å². The van der Waals surface area contributed by atoms with Crippen molar-refractivity contribution in [2.45, 2.75) is 25.9 Å². The summed E-state index contributed by atoms with van der Waals surface area (Å²) >= 11 is 0. The van der Waals surface area contributed by atoms with Crippen molar-refractivity contribution < 1.29 is 9.53 Å². The summed E-state index contributed by atoms with van der Waals surface area (Å²) in [6, 6.07) is 7.29. The van der Waals surface area contributed by atoms with Gasteiger partial charge in [-0.05, 0) is 25.0 Å². The van der Waals surface area contributed by atoms with Crippen molar-refractivity contribution in [3.8, 4) is 0 Å². The Kier molecular flexibility index (Phi) is 3.64. The molecule has 17 heavy (non-hydrogen) atoms. The minimum Gasteiger partial charge on any atom is -0.397 e. The first-order chi connectivity index (χ1) is 8.22. The Balaban J connectivity index is 2.04. The van der Waals surface area contributed by atoms with E-state index >= 15 is 0 Å². The monoisotopic (exact) mass is 234 g/mol. The Labute approximate surface area is 101 Å². The van der Waals surface area contributed by atoms with Crippen LogP contribution in [-0.4, -0.2) is 18.6 Å². The lowest BCUT2D eigenvalue weighted by atomic mass is 9.98. The van der Waals surface area contributed by atoms with Gasteiger partial charge in [-0.25, -0.2) is 0 Å². The minimum absolute atomic E-state index is 0.00671. The highest BCUT2D eigenvalue weighted by molar-refractivity contribution is 5.95. The third-order valence-electron chi connectivity index (χ3n) is 3.17. The Morgan fingerprint density at radius 2 is 2.29 bits per heavy atom. The average Bonchev–Trinajstić information content (AvgIpc) is 2.80. The highest BCUT2D eigenvalue weighted by atomic mass is 16.5. The van der Waals surface area contributed by atoms with E-state index in [4.69, 9.17) is 10.5 Å². The number of carbonyl (C=O) groups excluding carboxylic acids is 1. The van der Waals surface area contributed by atoms with E-state index in [1.807, 2.05) is 25.1 Å². The summed E-state index contributed by atoms with van der Waals surface area (Å²) in [5.74, 6) is -0.0492. The fourth-order valence-corrected chi connectivity index (χ4v) is 2.19. The Hall–Kier alpha value is -1.55. The minimum atomic E-state index is -0.0559. The molecule has 0 aromatic heterocycles. The van der Waals surface area contributed by atoms with Crippen LogP contribution in [0.2, 0.25) is 0 Å². The van der Waals surface area contributed by atoms with Crippen molar-refractivity contribution in [1.82, 2.24) is 0 Å². The predicted molar refractivity (Wildman–Crippen MR) is 67.6 cm³/mol. The summed E-state index contributed by atoms with van der Waals surface area (Å²) in [6.45, 7) is 2.70. The maximum absolute atomic E-state index is 12.1. The number of amides is 1. The third-order valence-corrected chi connectivity index (χ3v) is 3.17. The van der Waals surface area contributed by atoms with Crippen molar-refractivity contribution in [3.05, 3.63) is 24.3 Å². The molecule has 92 valence electrons. The van der Waals surface area contributed by atoms with E-state index in [0.29, 0.717) is 18.0 Å². The summed E-state index contributed by atoms with van der Waals surface area (Å²) in [7, 11) is 0. The Morgan fingerprint density at radius 3 is 3.00 bits per heavy atom. The van der Waals surface area contributed by atoms with E-state index in [0.717, 1.165) is 12.8 Å². The van der Waals surface area contributed by atoms with Crippen LogP contribution in [0.3, 0.4) is 0 Å². The zero-order valence-corrected chi connectivity index (χ0v) is 9.98. The maximum Gasteiger partial charge on any atom is 0.230 e. The van der Waals surface area contributed by atoms with Crippen LogP contribution in [0.4, 0.5) is 11.4 Å².